The molecule has 0 aliphatic carbocycles. The zero-order valence-electron chi connectivity index (χ0n) is 18.8. The molecule has 1 heterocycles. The standard InChI is InChI=1S/C28H28N4O/c1-3-21-11-15-27-26(18-21)31-20-32(27)25-13-9-23(10-14-25)19-30-28(33)16-12-24(29-2)17-22-7-5-4-6-8-22/h3-15,18,20,29H,1,16-17,19H2,2H3,(H,30,33)/b24-12-. The first-order valence-electron chi connectivity index (χ1n) is 11.0. The van der Waals surface area contributed by atoms with E-state index < -0.39 is 0 Å². The normalized spacial score (nSPS) is 11.4. The van der Waals surface area contributed by atoms with Crippen molar-refractivity contribution in [1.29, 1.82) is 0 Å². The van der Waals surface area contributed by atoms with E-state index in [1.54, 1.807) is 0 Å². The molecule has 33 heavy (non-hydrogen) atoms. The third kappa shape index (κ3) is 5.57. The smallest absolute Gasteiger partial charge is 0.224 e. The third-order valence-corrected chi connectivity index (χ3v) is 5.60. The lowest BCUT2D eigenvalue weighted by atomic mass is 10.1. The van der Waals surface area contributed by atoms with Gasteiger partial charge in [0.1, 0.15) is 6.33 Å². The molecule has 2 N–H and O–H groups in total. The van der Waals surface area contributed by atoms with Gasteiger partial charge in [0.25, 0.3) is 0 Å². The van der Waals surface area contributed by atoms with Crippen LogP contribution in [0.15, 0.2) is 97.5 Å². The molecule has 0 aliphatic rings. The second kappa shape index (κ2) is 10.5. The number of carbonyl (C=O) groups excluding carboxylic acids is 1. The van der Waals surface area contributed by atoms with Crippen LogP contribution in [0.25, 0.3) is 22.8 Å². The highest BCUT2D eigenvalue weighted by atomic mass is 16.1. The molecule has 3 aromatic carbocycles. The number of benzene rings is 3. The van der Waals surface area contributed by atoms with Gasteiger partial charge in [0.05, 0.1) is 11.0 Å². The second-order valence-corrected chi connectivity index (χ2v) is 7.86. The van der Waals surface area contributed by atoms with Gasteiger partial charge in [0.2, 0.25) is 5.91 Å². The molecular formula is C28H28N4O. The Balaban J connectivity index is 1.34. The molecule has 1 aromatic heterocycles. The van der Waals surface area contributed by atoms with E-state index in [4.69, 9.17) is 0 Å². The van der Waals surface area contributed by atoms with E-state index in [0.717, 1.165) is 40.0 Å². The van der Waals surface area contributed by atoms with E-state index in [1.807, 2.05) is 80.1 Å². The van der Waals surface area contributed by atoms with Crippen molar-refractivity contribution in [2.24, 2.45) is 0 Å². The minimum atomic E-state index is -0.00138. The molecule has 0 unspecified atom stereocenters. The van der Waals surface area contributed by atoms with Gasteiger partial charge >= 0.3 is 0 Å². The van der Waals surface area contributed by atoms with Crippen molar-refractivity contribution in [2.45, 2.75) is 19.4 Å². The van der Waals surface area contributed by atoms with Gasteiger partial charge in [-0.05, 0) is 41.0 Å². The highest BCUT2D eigenvalue weighted by Crippen LogP contribution is 2.20. The Bertz CT molecular complexity index is 1270. The molecule has 1 amide bonds. The molecule has 5 nitrogen and oxygen atoms in total. The maximum Gasteiger partial charge on any atom is 0.224 e. The maximum atomic E-state index is 12.3. The molecule has 5 heteroatoms. The predicted octanol–water partition coefficient (Wildman–Crippen LogP) is 5.02. The molecule has 0 aliphatic heterocycles. The number of imidazole rings is 1. The third-order valence-electron chi connectivity index (χ3n) is 5.60. The first-order chi connectivity index (χ1) is 16.2. The zero-order valence-corrected chi connectivity index (χ0v) is 18.8. The summed E-state index contributed by atoms with van der Waals surface area (Å²) in [6, 6.07) is 24.5. The number of nitrogens with zero attached hydrogens (tertiary/aromatic N) is 2. The molecule has 0 saturated heterocycles. The molecule has 0 fully saturated rings. The van der Waals surface area contributed by atoms with Crippen LogP contribution in [0.3, 0.4) is 0 Å². The minimum absolute atomic E-state index is 0.00138. The van der Waals surface area contributed by atoms with Crippen LogP contribution >= 0.6 is 0 Å². The van der Waals surface area contributed by atoms with Crippen molar-refractivity contribution >= 4 is 23.0 Å². The Hall–Kier alpha value is -4.12. The molecule has 0 saturated carbocycles. The average Bonchev–Trinajstić information content (AvgIpc) is 3.29. The Kier molecular flexibility index (Phi) is 7.00. The van der Waals surface area contributed by atoms with Gasteiger partial charge in [0, 0.05) is 37.8 Å². The fraction of sp³-hybridized carbons (Fsp3) is 0.143. The Labute approximate surface area is 194 Å². The van der Waals surface area contributed by atoms with Gasteiger partial charge in [-0.3, -0.25) is 9.36 Å². The SMILES string of the molecule is C=Cc1ccc2c(c1)ncn2-c1ccc(CNC(=O)C/C=C(/Cc2ccccc2)NC)cc1. The van der Waals surface area contributed by atoms with Gasteiger partial charge < -0.3 is 10.6 Å². The van der Waals surface area contributed by atoms with Crippen LogP contribution in [0.2, 0.25) is 0 Å². The second-order valence-electron chi connectivity index (χ2n) is 7.86. The highest BCUT2D eigenvalue weighted by molar-refractivity contribution is 5.80. The van der Waals surface area contributed by atoms with Crippen molar-refractivity contribution < 1.29 is 4.79 Å². The van der Waals surface area contributed by atoms with Crippen LogP contribution in [0.5, 0.6) is 0 Å². The quantitative estimate of drug-likeness (QED) is 0.387. The summed E-state index contributed by atoms with van der Waals surface area (Å²) in [6.07, 6.45) is 6.72. The van der Waals surface area contributed by atoms with Gasteiger partial charge in [-0.25, -0.2) is 4.98 Å². The number of allylic oxidation sites excluding steroid dienone is 1. The number of hydrogen-bond acceptors (Lipinski definition) is 3. The fourth-order valence-electron chi connectivity index (χ4n) is 3.70. The van der Waals surface area contributed by atoms with E-state index in [2.05, 4.69) is 45.0 Å². The van der Waals surface area contributed by atoms with Crippen LogP contribution in [0, 0.1) is 0 Å². The number of hydrogen-bond donors (Lipinski definition) is 2. The van der Waals surface area contributed by atoms with E-state index in [-0.39, 0.29) is 5.91 Å². The van der Waals surface area contributed by atoms with Gasteiger partial charge in [-0.15, -0.1) is 0 Å². The summed E-state index contributed by atoms with van der Waals surface area (Å²) in [5, 5.41) is 6.19. The molecule has 4 aromatic rings. The van der Waals surface area contributed by atoms with Crippen LogP contribution in [-0.2, 0) is 17.8 Å². The highest BCUT2D eigenvalue weighted by Gasteiger charge is 2.06. The summed E-state index contributed by atoms with van der Waals surface area (Å²) in [5.74, 6) is -0.00138. The lowest BCUT2D eigenvalue weighted by Gasteiger charge is -2.09. The van der Waals surface area contributed by atoms with Crippen molar-refractivity contribution in [1.82, 2.24) is 20.2 Å². The van der Waals surface area contributed by atoms with Crippen LogP contribution < -0.4 is 10.6 Å². The molecule has 0 radical (unpaired) electrons. The summed E-state index contributed by atoms with van der Waals surface area (Å²) in [4.78, 5) is 16.8. The monoisotopic (exact) mass is 436 g/mol. The molecule has 0 spiro atoms. The Morgan fingerprint density at radius 3 is 2.55 bits per heavy atom. The van der Waals surface area contributed by atoms with Crippen LogP contribution in [0.1, 0.15) is 23.1 Å². The van der Waals surface area contributed by atoms with Gasteiger partial charge in [-0.2, -0.15) is 0 Å². The summed E-state index contributed by atoms with van der Waals surface area (Å²) >= 11 is 0. The van der Waals surface area contributed by atoms with Gasteiger partial charge in [-0.1, -0.05) is 67.3 Å². The van der Waals surface area contributed by atoms with E-state index in [9.17, 15) is 4.79 Å². The predicted molar refractivity (Wildman–Crippen MR) is 135 cm³/mol. The fourth-order valence-corrected chi connectivity index (χ4v) is 3.70. The van der Waals surface area contributed by atoms with E-state index >= 15 is 0 Å². The number of carbonyl (C=O) groups is 1. The first kappa shape index (κ1) is 22.1. The van der Waals surface area contributed by atoms with Crippen molar-refractivity contribution in [3.05, 3.63) is 114 Å². The van der Waals surface area contributed by atoms with Gasteiger partial charge in [0.15, 0.2) is 0 Å². The minimum Gasteiger partial charge on any atom is -0.391 e. The largest absolute Gasteiger partial charge is 0.391 e. The van der Waals surface area contributed by atoms with E-state index in [1.165, 1.54) is 5.56 Å². The maximum absolute atomic E-state index is 12.3. The number of fused-ring (bicyclic) bond motifs is 1. The Morgan fingerprint density at radius 1 is 1.03 bits per heavy atom. The summed E-state index contributed by atoms with van der Waals surface area (Å²) in [5.41, 5.74) is 7.36. The number of aromatic nitrogens is 2. The number of likely N-dealkylation sites (N-methyl/N-ethyl adjacent to an activating group) is 1. The van der Waals surface area contributed by atoms with Crippen molar-refractivity contribution in [3.8, 4) is 5.69 Å². The number of rotatable bonds is 9. The summed E-state index contributed by atoms with van der Waals surface area (Å²) < 4.78 is 2.06. The number of amides is 1. The molecule has 0 bridgehead atoms. The number of nitrogens with one attached hydrogen (secondary N) is 2. The first-order valence-corrected chi connectivity index (χ1v) is 11.0. The van der Waals surface area contributed by atoms with Crippen LogP contribution in [-0.4, -0.2) is 22.5 Å². The average molecular weight is 437 g/mol. The summed E-state index contributed by atoms with van der Waals surface area (Å²) in [7, 11) is 1.88. The van der Waals surface area contributed by atoms with E-state index in [0.29, 0.717) is 13.0 Å². The topological polar surface area (TPSA) is 59.0 Å². The molecular weight excluding hydrogens is 408 g/mol. The van der Waals surface area contributed by atoms with Crippen molar-refractivity contribution in [3.63, 3.8) is 0 Å². The van der Waals surface area contributed by atoms with Crippen LogP contribution in [0.4, 0.5) is 0 Å². The summed E-state index contributed by atoms with van der Waals surface area (Å²) in [6.45, 7) is 4.31. The molecule has 166 valence electrons. The zero-order chi connectivity index (χ0) is 23.0. The lowest BCUT2D eigenvalue weighted by Crippen LogP contribution is -2.22. The molecule has 4 rings (SSSR count). The lowest BCUT2D eigenvalue weighted by molar-refractivity contribution is -0.120. The molecule has 0 atom stereocenters. The Morgan fingerprint density at radius 2 is 1.82 bits per heavy atom. The van der Waals surface area contributed by atoms with Crippen molar-refractivity contribution in [2.75, 3.05) is 7.05 Å².